The highest BCUT2D eigenvalue weighted by Gasteiger charge is 2.29. The maximum atomic E-state index is 5.54. The molecule has 1 aliphatic heterocycles. The molecular weight excluding hydrogens is 203 g/mol. The Kier molecular flexibility index (Phi) is 4.74. The smallest absolute Gasteiger partial charge is 0.170 e. The van der Waals surface area contributed by atoms with E-state index in [1.54, 1.807) is 14.2 Å². The molecule has 1 aliphatic rings. The van der Waals surface area contributed by atoms with Crippen LogP contribution in [0.15, 0.2) is 0 Å². The number of hydrogen-bond acceptors (Lipinski definition) is 4. The SMILES string of the molecule is COP(CC1COC(C)(C)OC1)OC. The van der Waals surface area contributed by atoms with Crippen LogP contribution < -0.4 is 0 Å². The van der Waals surface area contributed by atoms with Gasteiger partial charge in [0.15, 0.2) is 14.2 Å². The summed E-state index contributed by atoms with van der Waals surface area (Å²) in [7, 11) is 2.57. The Morgan fingerprint density at radius 1 is 1.21 bits per heavy atom. The first-order chi connectivity index (χ1) is 6.57. The van der Waals surface area contributed by atoms with E-state index in [9.17, 15) is 0 Å². The molecule has 0 N–H and O–H groups in total. The fraction of sp³-hybridized carbons (Fsp3) is 1.00. The van der Waals surface area contributed by atoms with E-state index in [4.69, 9.17) is 18.5 Å². The minimum atomic E-state index is -0.770. The quantitative estimate of drug-likeness (QED) is 0.682. The van der Waals surface area contributed by atoms with E-state index in [1.165, 1.54) is 0 Å². The van der Waals surface area contributed by atoms with Crippen LogP contribution >= 0.6 is 8.38 Å². The lowest BCUT2D eigenvalue weighted by Crippen LogP contribution is -2.40. The lowest BCUT2D eigenvalue weighted by atomic mass is 10.2. The zero-order valence-corrected chi connectivity index (χ0v) is 10.2. The number of rotatable bonds is 4. The first-order valence-electron chi connectivity index (χ1n) is 4.71. The van der Waals surface area contributed by atoms with Gasteiger partial charge in [0.2, 0.25) is 0 Å². The number of hydrogen-bond donors (Lipinski definition) is 0. The summed E-state index contributed by atoms with van der Waals surface area (Å²) < 4.78 is 21.5. The third-order valence-electron chi connectivity index (χ3n) is 2.15. The monoisotopic (exact) mass is 222 g/mol. The van der Waals surface area contributed by atoms with E-state index in [0.717, 1.165) is 19.4 Å². The van der Waals surface area contributed by atoms with E-state index < -0.39 is 14.2 Å². The van der Waals surface area contributed by atoms with Crippen molar-refractivity contribution in [1.82, 2.24) is 0 Å². The molecule has 84 valence electrons. The van der Waals surface area contributed by atoms with E-state index in [2.05, 4.69) is 0 Å². The van der Waals surface area contributed by atoms with Crippen molar-refractivity contribution in [1.29, 1.82) is 0 Å². The maximum absolute atomic E-state index is 5.54. The maximum Gasteiger partial charge on any atom is 0.170 e. The van der Waals surface area contributed by atoms with Crippen LogP contribution in [0, 0.1) is 5.92 Å². The molecule has 0 spiro atoms. The molecule has 0 radical (unpaired) electrons. The highest BCUT2D eigenvalue weighted by atomic mass is 31.2. The highest BCUT2D eigenvalue weighted by molar-refractivity contribution is 7.47. The zero-order valence-electron chi connectivity index (χ0n) is 9.28. The van der Waals surface area contributed by atoms with E-state index in [1.807, 2.05) is 13.8 Å². The van der Waals surface area contributed by atoms with Crippen molar-refractivity contribution in [2.24, 2.45) is 5.92 Å². The molecule has 0 saturated carbocycles. The average Bonchev–Trinajstić information content (AvgIpc) is 2.16. The second-order valence-electron chi connectivity index (χ2n) is 3.77. The first-order valence-corrected chi connectivity index (χ1v) is 6.07. The summed E-state index contributed by atoms with van der Waals surface area (Å²) in [4.78, 5) is 0. The summed E-state index contributed by atoms with van der Waals surface area (Å²) >= 11 is 0. The predicted octanol–water partition coefficient (Wildman–Crippen LogP) is 1.99. The minimum absolute atomic E-state index is 0.383. The molecule has 5 heteroatoms. The van der Waals surface area contributed by atoms with Crippen LogP contribution in [0.4, 0.5) is 0 Å². The molecule has 1 heterocycles. The van der Waals surface area contributed by atoms with Gasteiger partial charge in [-0.3, -0.25) is 0 Å². The van der Waals surface area contributed by atoms with Crippen molar-refractivity contribution in [3.63, 3.8) is 0 Å². The Morgan fingerprint density at radius 3 is 2.14 bits per heavy atom. The molecule has 14 heavy (non-hydrogen) atoms. The number of ether oxygens (including phenoxy) is 2. The van der Waals surface area contributed by atoms with Gasteiger partial charge in [0, 0.05) is 26.3 Å². The molecule has 1 saturated heterocycles. The van der Waals surface area contributed by atoms with Crippen molar-refractivity contribution in [3.8, 4) is 0 Å². The molecule has 0 aromatic carbocycles. The highest BCUT2D eigenvalue weighted by Crippen LogP contribution is 2.39. The standard InChI is InChI=1S/C9H19O4P/c1-9(2)12-5-8(6-13-9)7-14(10-3)11-4/h8H,5-7H2,1-4H3. The van der Waals surface area contributed by atoms with Gasteiger partial charge in [-0.25, -0.2) is 0 Å². The van der Waals surface area contributed by atoms with E-state index >= 15 is 0 Å². The van der Waals surface area contributed by atoms with Crippen molar-refractivity contribution in [2.45, 2.75) is 19.6 Å². The van der Waals surface area contributed by atoms with Crippen LogP contribution in [0.1, 0.15) is 13.8 Å². The van der Waals surface area contributed by atoms with Crippen LogP contribution in [-0.4, -0.2) is 39.4 Å². The van der Waals surface area contributed by atoms with Crippen LogP contribution in [0.5, 0.6) is 0 Å². The Balaban J connectivity index is 2.28. The summed E-state index contributed by atoms with van der Waals surface area (Å²) in [5.74, 6) is -0.0478. The van der Waals surface area contributed by atoms with Gasteiger partial charge >= 0.3 is 0 Å². The van der Waals surface area contributed by atoms with Crippen molar-refractivity contribution < 1.29 is 18.5 Å². The molecule has 0 unspecified atom stereocenters. The summed E-state index contributed by atoms with van der Waals surface area (Å²) in [5, 5.41) is 0. The molecule has 4 nitrogen and oxygen atoms in total. The first kappa shape index (κ1) is 12.3. The fourth-order valence-electron chi connectivity index (χ4n) is 1.27. The molecule has 0 aliphatic carbocycles. The Bertz CT molecular complexity index is 160. The Morgan fingerprint density at radius 2 is 1.71 bits per heavy atom. The second kappa shape index (κ2) is 5.38. The van der Waals surface area contributed by atoms with Gasteiger partial charge in [-0.2, -0.15) is 0 Å². The lowest BCUT2D eigenvalue weighted by Gasteiger charge is -2.35. The van der Waals surface area contributed by atoms with Crippen LogP contribution in [0.3, 0.4) is 0 Å². The molecular formula is C9H19O4P. The third kappa shape index (κ3) is 3.79. The largest absolute Gasteiger partial charge is 0.350 e. The van der Waals surface area contributed by atoms with Crippen molar-refractivity contribution in [3.05, 3.63) is 0 Å². The topological polar surface area (TPSA) is 36.9 Å². The molecule has 0 atom stereocenters. The molecule has 1 fully saturated rings. The van der Waals surface area contributed by atoms with Crippen molar-refractivity contribution >= 4 is 8.38 Å². The van der Waals surface area contributed by atoms with Gasteiger partial charge in [-0.15, -0.1) is 0 Å². The van der Waals surface area contributed by atoms with E-state index in [-0.39, 0.29) is 0 Å². The van der Waals surface area contributed by atoms with Gasteiger partial charge in [-0.05, 0) is 13.8 Å². The molecule has 0 aromatic rings. The van der Waals surface area contributed by atoms with Gasteiger partial charge < -0.3 is 18.5 Å². The van der Waals surface area contributed by atoms with Gasteiger partial charge in [0.05, 0.1) is 13.2 Å². The fourth-order valence-corrected chi connectivity index (χ4v) is 2.35. The Labute approximate surface area is 86.8 Å². The third-order valence-corrected chi connectivity index (χ3v) is 3.78. The molecule has 0 bridgehead atoms. The van der Waals surface area contributed by atoms with Gasteiger partial charge in [0.25, 0.3) is 0 Å². The summed E-state index contributed by atoms with van der Waals surface area (Å²) in [6.07, 6.45) is 0.873. The summed E-state index contributed by atoms with van der Waals surface area (Å²) in [5.41, 5.74) is 0. The second-order valence-corrected chi connectivity index (χ2v) is 5.53. The molecule has 0 aromatic heterocycles. The predicted molar refractivity (Wildman–Crippen MR) is 55.3 cm³/mol. The normalized spacial score (nSPS) is 22.9. The zero-order chi connectivity index (χ0) is 10.6. The van der Waals surface area contributed by atoms with Crippen molar-refractivity contribution in [2.75, 3.05) is 33.6 Å². The summed E-state index contributed by atoms with van der Waals surface area (Å²) in [6.45, 7) is 5.30. The Hall–Kier alpha value is 0.270. The van der Waals surface area contributed by atoms with Crippen LogP contribution in [0.2, 0.25) is 0 Å². The molecule has 1 rings (SSSR count). The molecule has 0 amide bonds. The minimum Gasteiger partial charge on any atom is -0.350 e. The van der Waals surface area contributed by atoms with Gasteiger partial charge in [-0.1, -0.05) is 0 Å². The lowest BCUT2D eigenvalue weighted by molar-refractivity contribution is -0.259. The van der Waals surface area contributed by atoms with Crippen LogP contribution in [-0.2, 0) is 18.5 Å². The van der Waals surface area contributed by atoms with Gasteiger partial charge in [0.1, 0.15) is 0 Å². The van der Waals surface area contributed by atoms with Crippen LogP contribution in [0.25, 0.3) is 0 Å². The average molecular weight is 222 g/mol. The van der Waals surface area contributed by atoms with E-state index in [0.29, 0.717) is 5.92 Å². The summed E-state index contributed by atoms with van der Waals surface area (Å²) in [6, 6.07) is 0.